The highest BCUT2D eigenvalue weighted by Gasteiger charge is 2.30. The summed E-state index contributed by atoms with van der Waals surface area (Å²) < 4.78 is 45.3. The molecule has 0 aliphatic carbocycles. The fourth-order valence-electron chi connectivity index (χ4n) is 3.53. The molecule has 0 saturated heterocycles. The number of rotatable bonds is 10. The SMILES string of the molecule is CCCCCCOc1ccc(Br)cc1C(=O)NC(=S)Nc1ccc(C(=O)Nc2cccc(C(F)(F)F)c2)cc1. The van der Waals surface area contributed by atoms with Gasteiger partial charge in [-0.25, -0.2) is 0 Å². The molecule has 0 spiro atoms. The molecule has 0 fully saturated rings. The number of carbonyl (C=O) groups is 2. The second-order valence-electron chi connectivity index (χ2n) is 8.57. The third-order valence-electron chi connectivity index (χ3n) is 5.52. The highest BCUT2D eigenvalue weighted by molar-refractivity contribution is 9.10. The second-order valence-corrected chi connectivity index (χ2v) is 9.89. The van der Waals surface area contributed by atoms with Gasteiger partial charge in [0.15, 0.2) is 5.11 Å². The van der Waals surface area contributed by atoms with Gasteiger partial charge in [0.1, 0.15) is 5.75 Å². The van der Waals surface area contributed by atoms with E-state index in [1.165, 1.54) is 24.3 Å². The van der Waals surface area contributed by atoms with Crippen LogP contribution in [0.2, 0.25) is 0 Å². The van der Waals surface area contributed by atoms with Crippen molar-refractivity contribution in [1.29, 1.82) is 0 Å². The van der Waals surface area contributed by atoms with Crippen LogP contribution in [0.1, 0.15) is 58.9 Å². The highest BCUT2D eigenvalue weighted by Crippen LogP contribution is 2.31. The number of hydrogen-bond donors (Lipinski definition) is 3. The average molecular weight is 623 g/mol. The lowest BCUT2D eigenvalue weighted by Crippen LogP contribution is -2.34. The normalized spacial score (nSPS) is 11.0. The van der Waals surface area contributed by atoms with Crippen molar-refractivity contribution >= 4 is 56.4 Å². The van der Waals surface area contributed by atoms with Crippen molar-refractivity contribution in [2.75, 3.05) is 17.2 Å². The molecule has 3 N–H and O–H groups in total. The predicted octanol–water partition coefficient (Wildman–Crippen LogP) is 7.81. The molecule has 0 aliphatic rings. The standard InChI is InChI=1S/C28H27BrF3N3O3S/c1-2-3-4-5-15-38-24-14-11-20(29)17-23(24)26(37)35-27(39)34-21-12-9-18(10-13-21)25(36)33-22-8-6-7-19(16-22)28(30,31)32/h6-14,16-17H,2-5,15H2,1H3,(H,33,36)(H2,34,35,37,39). The summed E-state index contributed by atoms with van der Waals surface area (Å²) in [4.78, 5) is 25.4. The molecule has 39 heavy (non-hydrogen) atoms. The molecule has 11 heteroatoms. The summed E-state index contributed by atoms with van der Waals surface area (Å²) in [5, 5.41) is 7.98. The second kappa shape index (κ2) is 14.1. The van der Waals surface area contributed by atoms with Gasteiger partial charge in [0.05, 0.1) is 17.7 Å². The van der Waals surface area contributed by atoms with Gasteiger partial charge in [-0.1, -0.05) is 48.2 Å². The maximum Gasteiger partial charge on any atom is 0.416 e. The van der Waals surface area contributed by atoms with E-state index in [1.54, 1.807) is 30.3 Å². The van der Waals surface area contributed by atoms with Crippen LogP contribution in [0.5, 0.6) is 5.75 Å². The number of benzene rings is 3. The van der Waals surface area contributed by atoms with E-state index in [-0.39, 0.29) is 16.4 Å². The van der Waals surface area contributed by atoms with Crippen LogP contribution in [0.3, 0.4) is 0 Å². The molecular formula is C28H27BrF3N3O3S. The van der Waals surface area contributed by atoms with Gasteiger partial charge in [-0.05, 0) is 79.3 Å². The van der Waals surface area contributed by atoms with Crippen molar-refractivity contribution in [3.05, 3.63) is 87.9 Å². The van der Waals surface area contributed by atoms with Gasteiger partial charge in [0, 0.05) is 21.4 Å². The van der Waals surface area contributed by atoms with E-state index in [2.05, 4.69) is 38.8 Å². The molecule has 0 unspecified atom stereocenters. The fraction of sp³-hybridized carbons (Fsp3) is 0.250. The van der Waals surface area contributed by atoms with E-state index < -0.39 is 23.6 Å². The minimum Gasteiger partial charge on any atom is -0.493 e. The lowest BCUT2D eigenvalue weighted by Gasteiger charge is -2.14. The highest BCUT2D eigenvalue weighted by atomic mass is 79.9. The number of amides is 2. The Kier molecular flexibility index (Phi) is 10.9. The Balaban J connectivity index is 1.57. The number of ether oxygens (including phenoxy) is 1. The van der Waals surface area contributed by atoms with Crippen LogP contribution in [0, 0.1) is 0 Å². The van der Waals surface area contributed by atoms with Gasteiger partial charge in [-0.15, -0.1) is 0 Å². The van der Waals surface area contributed by atoms with E-state index in [1.807, 2.05) is 0 Å². The Hall–Kier alpha value is -3.44. The summed E-state index contributed by atoms with van der Waals surface area (Å²) in [6, 6.07) is 15.6. The summed E-state index contributed by atoms with van der Waals surface area (Å²) in [7, 11) is 0. The molecule has 206 valence electrons. The molecule has 0 aromatic heterocycles. The Morgan fingerprint density at radius 3 is 2.33 bits per heavy atom. The van der Waals surface area contributed by atoms with E-state index in [0.29, 0.717) is 28.1 Å². The molecule has 0 aliphatic heterocycles. The largest absolute Gasteiger partial charge is 0.493 e. The number of nitrogens with one attached hydrogen (secondary N) is 3. The quantitative estimate of drug-likeness (QED) is 0.159. The number of hydrogen-bond acceptors (Lipinski definition) is 4. The molecule has 3 rings (SSSR count). The first kappa shape index (κ1) is 30.1. The first-order valence-electron chi connectivity index (χ1n) is 12.2. The molecule has 0 heterocycles. The minimum absolute atomic E-state index is 0.0257. The van der Waals surface area contributed by atoms with Crippen LogP contribution in [-0.2, 0) is 6.18 Å². The molecule has 3 aromatic carbocycles. The van der Waals surface area contributed by atoms with E-state index in [4.69, 9.17) is 17.0 Å². The van der Waals surface area contributed by atoms with E-state index in [0.717, 1.165) is 37.8 Å². The minimum atomic E-state index is -4.51. The molecular weight excluding hydrogens is 595 g/mol. The van der Waals surface area contributed by atoms with E-state index >= 15 is 0 Å². The first-order valence-corrected chi connectivity index (χ1v) is 13.4. The first-order chi connectivity index (χ1) is 18.6. The van der Waals surface area contributed by atoms with E-state index in [9.17, 15) is 22.8 Å². The number of thiocarbonyl (C=S) groups is 1. The topological polar surface area (TPSA) is 79.5 Å². The van der Waals surface area contributed by atoms with Crippen LogP contribution in [0.25, 0.3) is 0 Å². The number of alkyl halides is 3. The Morgan fingerprint density at radius 2 is 1.64 bits per heavy atom. The zero-order chi connectivity index (χ0) is 28.4. The maximum atomic E-state index is 12.9. The summed E-state index contributed by atoms with van der Waals surface area (Å²) >= 11 is 8.64. The van der Waals surface area contributed by atoms with Crippen molar-refractivity contribution in [1.82, 2.24) is 5.32 Å². The van der Waals surface area contributed by atoms with Crippen molar-refractivity contribution in [2.45, 2.75) is 38.8 Å². The van der Waals surface area contributed by atoms with Gasteiger partial charge in [-0.2, -0.15) is 13.2 Å². The van der Waals surface area contributed by atoms with Crippen LogP contribution in [-0.4, -0.2) is 23.5 Å². The third kappa shape index (κ3) is 9.36. The van der Waals surface area contributed by atoms with Gasteiger partial charge in [0.2, 0.25) is 0 Å². The predicted molar refractivity (Wildman–Crippen MR) is 153 cm³/mol. The molecule has 0 radical (unpaired) electrons. The van der Waals surface area contributed by atoms with Crippen molar-refractivity contribution in [3.8, 4) is 5.75 Å². The molecule has 0 saturated carbocycles. The van der Waals surface area contributed by atoms with Gasteiger partial charge < -0.3 is 15.4 Å². The lowest BCUT2D eigenvalue weighted by atomic mass is 10.1. The number of unbranched alkanes of at least 4 members (excludes halogenated alkanes) is 3. The maximum absolute atomic E-state index is 12.9. The summed E-state index contributed by atoms with van der Waals surface area (Å²) in [6.45, 7) is 2.63. The molecule has 6 nitrogen and oxygen atoms in total. The lowest BCUT2D eigenvalue weighted by molar-refractivity contribution is -0.137. The molecule has 0 bridgehead atoms. The molecule has 0 atom stereocenters. The molecule has 2 amide bonds. The van der Waals surface area contributed by atoms with Crippen molar-refractivity contribution < 1.29 is 27.5 Å². The Labute approximate surface area is 238 Å². The number of carbonyl (C=O) groups excluding carboxylic acids is 2. The average Bonchev–Trinajstić information content (AvgIpc) is 2.89. The van der Waals surface area contributed by atoms with Crippen molar-refractivity contribution in [2.24, 2.45) is 0 Å². The van der Waals surface area contributed by atoms with Crippen molar-refractivity contribution in [3.63, 3.8) is 0 Å². The van der Waals surface area contributed by atoms with Crippen LogP contribution in [0.15, 0.2) is 71.2 Å². The Bertz CT molecular complexity index is 1320. The summed E-state index contributed by atoms with van der Waals surface area (Å²) in [5.74, 6) is -0.575. The summed E-state index contributed by atoms with van der Waals surface area (Å²) in [5.41, 5.74) is 0.215. The third-order valence-corrected chi connectivity index (χ3v) is 6.22. The smallest absolute Gasteiger partial charge is 0.416 e. The number of anilines is 2. The summed E-state index contributed by atoms with van der Waals surface area (Å²) in [6.07, 6.45) is -0.334. The van der Waals surface area contributed by atoms with Gasteiger partial charge in [0.25, 0.3) is 11.8 Å². The zero-order valence-corrected chi connectivity index (χ0v) is 23.4. The zero-order valence-electron chi connectivity index (χ0n) is 21.0. The Morgan fingerprint density at radius 1 is 0.897 bits per heavy atom. The van der Waals surface area contributed by atoms with Crippen LogP contribution >= 0.6 is 28.1 Å². The van der Waals surface area contributed by atoms with Gasteiger partial charge >= 0.3 is 6.18 Å². The van der Waals surface area contributed by atoms with Crippen LogP contribution in [0.4, 0.5) is 24.5 Å². The number of halogens is 4. The monoisotopic (exact) mass is 621 g/mol. The van der Waals surface area contributed by atoms with Crippen LogP contribution < -0.4 is 20.7 Å². The fourth-order valence-corrected chi connectivity index (χ4v) is 4.10. The van der Waals surface area contributed by atoms with Gasteiger partial charge in [-0.3, -0.25) is 14.9 Å². The molecule has 3 aromatic rings.